The molecule has 2 aromatic rings. The number of carbonyl (C=O) groups is 1. The minimum absolute atomic E-state index is 0.324. The summed E-state index contributed by atoms with van der Waals surface area (Å²) in [5, 5.41) is 0. The zero-order valence-electron chi connectivity index (χ0n) is 17.9. The summed E-state index contributed by atoms with van der Waals surface area (Å²) in [6, 6.07) is 11.6. The standard InChI is InChI=1S/C25H29NO4/c1-4-14-28-24-16-20-12-13-26-23(22(20)17-25(24)29-15-5-2)11-8-19-6-9-21(10-7-19)30-18(3)27/h6-11,16-17H,4-5,12-15H2,1-3H3/b11-8+. The van der Waals surface area contributed by atoms with E-state index in [1.165, 1.54) is 12.5 Å². The second-order valence-electron chi connectivity index (χ2n) is 7.17. The summed E-state index contributed by atoms with van der Waals surface area (Å²) in [5.74, 6) is 1.81. The highest BCUT2D eigenvalue weighted by atomic mass is 16.5. The first-order valence-electron chi connectivity index (χ1n) is 10.5. The number of nitrogens with zero attached hydrogens (tertiary/aromatic N) is 1. The first-order valence-corrected chi connectivity index (χ1v) is 10.5. The molecule has 0 aromatic heterocycles. The molecule has 0 atom stereocenters. The van der Waals surface area contributed by atoms with E-state index in [2.05, 4.69) is 26.0 Å². The summed E-state index contributed by atoms with van der Waals surface area (Å²) in [7, 11) is 0. The number of hydrogen-bond acceptors (Lipinski definition) is 5. The summed E-state index contributed by atoms with van der Waals surface area (Å²) >= 11 is 0. The molecule has 5 heteroatoms. The first kappa shape index (κ1) is 21.6. The molecule has 30 heavy (non-hydrogen) atoms. The van der Waals surface area contributed by atoms with Crippen LogP contribution in [0.5, 0.6) is 17.2 Å². The number of esters is 1. The summed E-state index contributed by atoms with van der Waals surface area (Å²) in [5.41, 5.74) is 4.25. The SMILES string of the molecule is CCCOc1cc2c(cc1OCCC)C(/C=C/c1ccc(OC(C)=O)cc1)=NCC2. The van der Waals surface area contributed by atoms with Crippen LogP contribution in [-0.2, 0) is 11.2 Å². The molecule has 158 valence electrons. The lowest BCUT2D eigenvalue weighted by Crippen LogP contribution is -2.12. The molecule has 0 N–H and O–H groups in total. The number of hydrogen-bond donors (Lipinski definition) is 0. The van der Waals surface area contributed by atoms with E-state index in [4.69, 9.17) is 19.2 Å². The minimum Gasteiger partial charge on any atom is -0.490 e. The molecule has 1 aliphatic heterocycles. The smallest absolute Gasteiger partial charge is 0.308 e. The first-order chi connectivity index (χ1) is 14.6. The fourth-order valence-electron chi connectivity index (χ4n) is 3.21. The van der Waals surface area contributed by atoms with E-state index in [1.807, 2.05) is 24.3 Å². The zero-order valence-corrected chi connectivity index (χ0v) is 17.9. The Kier molecular flexibility index (Phi) is 7.66. The number of rotatable bonds is 9. The van der Waals surface area contributed by atoms with E-state index in [0.717, 1.165) is 54.1 Å². The molecule has 0 amide bonds. The van der Waals surface area contributed by atoms with E-state index in [9.17, 15) is 4.79 Å². The predicted octanol–water partition coefficient (Wildman–Crippen LogP) is 5.25. The molecular formula is C25H29NO4. The van der Waals surface area contributed by atoms with Crippen LogP contribution in [0.15, 0.2) is 47.5 Å². The van der Waals surface area contributed by atoms with E-state index in [1.54, 1.807) is 12.1 Å². The van der Waals surface area contributed by atoms with Crippen molar-refractivity contribution in [2.45, 2.75) is 40.0 Å². The molecule has 0 saturated heterocycles. The predicted molar refractivity (Wildman–Crippen MR) is 120 cm³/mol. The van der Waals surface area contributed by atoms with Gasteiger partial charge in [-0.3, -0.25) is 9.79 Å². The summed E-state index contributed by atoms with van der Waals surface area (Å²) < 4.78 is 17.0. The van der Waals surface area contributed by atoms with E-state index >= 15 is 0 Å². The Labute approximate surface area is 178 Å². The number of aliphatic imine (C=N–C) groups is 1. The van der Waals surface area contributed by atoms with Crippen molar-refractivity contribution >= 4 is 17.8 Å². The second-order valence-corrected chi connectivity index (χ2v) is 7.17. The third-order valence-corrected chi connectivity index (χ3v) is 4.61. The third-order valence-electron chi connectivity index (χ3n) is 4.61. The molecule has 0 fully saturated rings. The Balaban J connectivity index is 1.83. The Morgan fingerprint density at radius 2 is 1.67 bits per heavy atom. The van der Waals surface area contributed by atoms with Gasteiger partial charge in [-0.15, -0.1) is 0 Å². The summed E-state index contributed by atoms with van der Waals surface area (Å²) in [6.45, 7) is 7.65. The van der Waals surface area contributed by atoms with Crippen LogP contribution in [0.2, 0.25) is 0 Å². The molecule has 3 rings (SSSR count). The number of fused-ring (bicyclic) bond motifs is 1. The molecule has 1 aliphatic rings. The van der Waals surface area contributed by atoms with Crippen LogP contribution in [0.25, 0.3) is 6.08 Å². The average molecular weight is 408 g/mol. The zero-order chi connectivity index (χ0) is 21.3. The largest absolute Gasteiger partial charge is 0.490 e. The highest BCUT2D eigenvalue weighted by Crippen LogP contribution is 2.33. The van der Waals surface area contributed by atoms with Crippen molar-refractivity contribution in [3.63, 3.8) is 0 Å². The van der Waals surface area contributed by atoms with Gasteiger partial charge >= 0.3 is 5.97 Å². The maximum atomic E-state index is 11.1. The van der Waals surface area contributed by atoms with E-state index in [0.29, 0.717) is 19.0 Å². The van der Waals surface area contributed by atoms with Gasteiger partial charge in [0.2, 0.25) is 0 Å². The van der Waals surface area contributed by atoms with Crippen molar-refractivity contribution in [1.29, 1.82) is 0 Å². The van der Waals surface area contributed by atoms with Gasteiger partial charge in [0.15, 0.2) is 11.5 Å². The lowest BCUT2D eigenvalue weighted by Gasteiger charge is -2.20. The van der Waals surface area contributed by atoms with Crippen molar-refractivity contribution in [2.24, 2.45) is 4.99 Å². The average Bonchev–Trinajstić information content (AvgIpc) is 2.75. The topological polar surface area (TPSA) is 57.1 Å². The highest BCUT2D eigenvalue weighted by Gasteiger charge is 2.17. The van der Waals surface area contributed by atoms with Gasteiger partial charge in [0.05, 0.1) is 18.9 Å². The second kappa shape index (κ2) is 10.6. The Bertz CT molecular complexity index is 929. The Hall–Kier alpha value is -3.08. The molecule has 0 aliphatic carbocycles. The van der Waals surface area contributed by atoms with Crippen LogP contribution in [0.1, 0.15) is 50.3 Å². The van der Waals surface area contributed by atoms with Gasteiger partial charge in [0, 0.05) is 19.0 Å². The molecule has 0 saturated carbocycles. The molecule has 0 bridgehead atoms. The number of ether oxygens (including phenoxy) is 3. The lowest BCUT2D eigenvalue weighted by atomic mass is 9.96. The van der Waals surface area contributed by atoms with Gasteiger partial charge in [0.1, 0.15) is 5.75 Å². The quantitative estimate of drug-likeness (QED) is 0.421. The highest BCUT2D eigenvalue weighted by molar-refractivity contribution is 6.12. The Morgan fingerprint density at radius 3 is 2.30 bits per heavy atom. The van der Waals surface area contributed by atoms with Gasteiger partial charge in [-0.25, -0.2) is 0 Å². The van der Waals surface area contributed by atoms with Crippen molar-refractivity contribution in [3.8, 4) is 17.2 Å². The fraction of sp³-hybridized carbons (Fsp3) is 0.360. The molecule has 0 spiro atoms. The van der Waals surface area contributed by atoms with Crippen LogP contribution in [0.4, 0.5) is 0 Å². The number of benzene rings is 2. The summed E-state index contributed by atoms with van der Waals surface area (Å²) in [6.07, 6.45) is 6.82. The molecule has 2 aromatic carbocycles. The molecule has 0 unspecified atom stereocenters. The van der Waals surface area contributed by atoms with Gasteiger partial charge in [-0.05, 0) is 60.7 Å². The van der Waals surface area contributed by atoms with Crippen LogP contribution in [-0.4, -0.2) is 31.4 Å². The van der Waals surface area contributed by atoms with E-state index in [-0.39, 0.29) is 5.97 Å². The third kappa shape index (κ3) is 5.72. The van der Waals surface area contributed by atoms with Crippen molar-refractivity contribution < 1.29 is 19.0 Å². The van der Waals surface area contributed by atoms with Crippen LogP contribution < -0.4 is 14.2 Å². The van der Waals surface area contributed by atoms with Gasteiger partial charge in [0.25, 0.3) is 0 Å². The van der Waals surface area contributed by atoms with Crippen LogP contribution >= 0.6 is 0 Å². The molecular weight excluding hydrogens is 378 g/mol. The van der Waals surface area contributed by atoms with Crippen molar-refractivity contribution in [2.75, 3.05) is 19.8 Å². The molecule has 1 heterocycles. The fourth-order valence-corrected chi connectivity index (χ4v) is 3.21. The maximum absolute atomic E-state index is 11.1. The molecule has 5 nitrogen and oxygen atoms in total. The normalized spacial score (nSPS) is 13.0. The van der Waals surface area contributed by atoms with Crippen LogP contribution in [0.3, 0.4) is 0 Å². The van der Waals surface area contributed by atoms with Gasteiger partial charge in [-0.2, -0.15) is 0 Å². The lowest BCUT2D eigenvalue weighted by molar-refractivity contribution is -0.131. The Morgan fingerprint density at radius 1 is 1.00 bits per heavy atom. The minimum atomic E-state index is -0.324. The number of carbonyl (C=O) groups excluding carboxylic acids is 1. The van der Waals surface area contributed by atoms with Crippen molar-refractivity contribution in [3.05, 3.63) is 59.2 Å². The molecule has 0 radical (unpaired) electrons. The van der Waals surface area contributed by atoms with Gasteiger partial charge < -0.3 is 14.2 Å². The van der Waals surface area contributed by atoms with E-state index < -0.39 is 0 Å². The van der Waals surface area contributed by atoms with Crippen LogP contribution in [0, 0.1) is 0 Å². The number of allylic oxidation sites excluding steroid dienone is 1. The van der Waals surface area contributed by atoms with Gasteiger partial charge in [-0.1, -0.05) is 32.1 Å². The van der Waals surface area contributed by atoms with Crippen molar-refractivity contribution in [1.82, 2.24) is 0 Å². The summed E-state index contributed by atoms with van der Waals surface area (Å²) in [4.78, 5) is 15.8. The maximum Gasteiger partial charge on any atom is 0.308 e. The monoisotopic (exact) mass is 407 g/mol.